The number of carbonyl (C=O) groups excluding carboxylic acids is 1. The Balaban J connectivity index is 1.79. The van der Waals surface area contributed by atoms with E-state index in [2.05, 4.69) is 31.4 Å². The van der Waals surface area contributed by atoms with E-state index in [0.717, 1.165) is 28.6 Å². The van der Waals surface area contributed by atoms with Gasteiger partial charge in [0.15, 0.2) is 0 Å². The normalized spacial score (nSPS) is 14.5. The summed E-state index contributed by atoms with van der Waals surface area (Å²) >= 11 is 3.39. The number of H-pyrrole nitrogens is 1. The van der Waals surface area contributed by atoms with Crippen molar-refractivity contribution in [1.29, 1.82) is 0 Å². The van der Waals surface area contributed by atoms with Gasteiger partial charge in [0.05, 0.1) is 5.69 Å². The number of halogens is 1. The quantitative estimate of drug-likeness (QED) is 0.916. The molecule has 0 unspecified atom stereocenters. The van der Waals surface area contributed by atoms with Crippen LogP contribution in [0.25, 0.3) is 11.3 Å². The first-order valence-electron chi connectivity index (χ1n) is 5.84. The number of carbonyl (C=O) groups is 1. The molecule has 1 amide bonds. The van der Waals surface area contributed by atoms with E-state index >= 15 is 0 Å². The third kappa shape index (κ3) is 2.46. The molecule has 0 atom stereocenters. The molecular weight excluding hydrogens is 294 g/mol. The Bertz CT molecular complexity index is 572. The van der Waals surface area contributed by atoms with E-state index in [-0.39, 0.29) is 5.91 Å². The lowest BCUT2D eigenvalue weighted by molar-refractivity contribution is 0.0946. The smallest absolute Gasteiger partial charge is 0.269 e. The molecule has 5 heteroatoms. The van der Waals surface area contributed by atoms with E-state index in [9.17, 15) is 4.79 Å². The fourth-order valence-electron chi connectivity index (χ4n) is 1.70. The van der Waals surface area contributed by atoms with Crippen LogP contribution in [0.3, 0.4) is 0 Å². The zero-order valence-electron chi connectivity index (χ0n) is 9.61. The van der Waals surface area contributed by atoms with Crippen LogP contribution in [-0.2, 0) is 0 Å². The minimum atomic E-state index is -0.0756. The molecule has 0 saturated heterocycles. The van der Waals surface area contributed by atoms with Crippen molar-refractivity contribution in [2.45, 2.75) is 18.9 Å². The average molecular weight is 306 g/mol. The van der Waals surface area contributed by atoms with Gasteiger partial charge in [-0.1, -0.05) is 28.1 Å². The highest BCUT2D eigenvalue weighted by Crippen LogP contribution is 2.22. The fraction of sp³-hybridized carbons (Fsp3) is 0.231. The molecule has 2 N–H and O–H groups in total. The van der Waals surface area contributed by atoms with Crippen LogP contribution < -0.4 is 5.32 Å². The molecule has 1 fully saturated rings. The van der Waals surface area contributed by atoms with E-state index in [1.807, 2.05) is 24.3 Å². The van der Waals surface area contributed by atoms with Crippen LogP contribution in [0.15, 0.2) is 34.8 Å². The highest BCUT2D eigenvalue weighted by molar-refractivity contribution is 9.10. The average Bonchev–Trinajstić information content (AvgIpc) is 3.04. The summed E-state index contributed by atoms with van der Waals surface area (Å²) in [5.74, 6) is -0.0756. The van der Waals surface area contributed by atoms with Crippen LogP contribution in [0.2, 0.25) is 0 Å². The molecule has 1 aromatic heterocycles. The Morgan fingerprint density at radius 3 is 2.72 bits per heavy atom. The zero-order chi connectivity index (χ0) is 12.5. The predicted octanol–water partition coefficient (Wildman–Crippen LogP) is 2.73. The number of aromatic amines is 1. The van der Waals surface area contributed by atoms with Gasteiger partial charge in [0.1, 0.15) is 5.69 Å². The van der Waals surface area contributed by atoms with Crippen molar-refractivity contribution in [3.63, 3.8) is 0 Å². The van der Waals surface area contributed by atoms with Gasteiger partial charge >= 0.3 is 0 Å². The van der Waals surface area contributed by atoms with E-state index in [1.54, 1.807) is 6.07 Å². The van der Waals surface area contributed by atoms with Crippen molar-refractivity contribution in [3.8, 4) is 11.3 Å². The maximum atomic E-state index is 11.8. The monoisotopic (exact) mass is 305 g/mol. The van der Waals surface area contributed by atoms with Crippen molar-refractivity contribution >= 4 is 21.8 Å². The summed E-state index contributed by atoms with van der Waals surface area (Å²) in [5.41, 5.74) is 2.28. The predicted molar refractivity (Wildman–Crippen MR) is 72.2 cm³/mol. The second-order valence-electron chi connectivity index (χ2n) is 4.42. The summed E-state index contributed by atoms with van der Waals surface area (Å²) in [7, 11) is 0. The molecule has 18 heavy (non-hydrogen) atoms. The molecule has 1 aliphatic rings. The number of nitrogens with zero attached hydrogens (tertiary/aromatic N) is 1. The zero-order valence-corrected chi connectivity index (χ0v) is 11.2. The minimum absolute atomic E-state index is 0.0756. The summed E-state index contributed by atoms with van der Waals surface area (Å²) in [4.78, 5) is 11.8. The lowest BCUT2D eigenvalue weighted by Crippen LogP contribution is -2.25. The van der Waals surface area contributed by atoms with Crippen molar-refractivity contribution in [1.82, 2.24) is 15.5 Å². The molecule has 0 radical (unpaired) electrons. The Morgan fingerprint density at radius 2 is 2.06 bits per heavy atom. The Hall–Kier alpha value is -1.62. The molecule has 1 aromatic carbocycles. The Kier molecular flexibility index (Phi) is 2.91. The van der Waals surface area contributed by atoms with E-state index in [0.29, 0.717) is 11.7 Å². The van der Waals surface area contributed by atoms with E-state index < -0.39 is 0 Å². The number of rotatable bonds is 3. The largest absolute Gasteiger partial charge is 0.348 e. The van der Waals surface area contributed by atoms with Crippen LogP contribution in [0.4, 0.5) is 0 Å². The number of benzene rings is 1. The molecular formula is C13H12BrN3O. The van der Waals surface area contributed by atoms with Gasteiger partial charge in [0.25, 0.3) is 5.91 Å². The fourth-order valence-corrected chi connectivity index (χ4v) is 1.96. The maximum absolute atomic E-state index is 11.8. The van der Waals surface area contributed by atoms with E-state index in [1.165, 1.54) is 0 Å². The standard InChI is InChI=1S/C13H12BrN3O/c14-9-3-1-8(2-4-9)11-7-12(17-16-11)13(18)15-10-5-6-10/h1-4,7,10H,5-6H2,(H,15,18)(H,16,17). The summed E-state index contributed by atoms with van der Waals surface area (Å²) in [6, 6.07) is 9.96. The molecule has 0 spiro atoms. The van der Waals surface area contributed by atoms with Gasteiger partial charge in [-0.15, -0.1) is 0 Å². The molecule has 92 valence electrons. The highest BCUT2D eigenvalue weighted by atomic mass is 79.9. The summed E-state index contributed by atoms with van der Waals surface area (Å²) < 4.78 is 1.02. The third-order valence-corrected chi connectivity index (χ3v) is 3.40. The molecule has 1 aliphatic carbocycles. The first-order valence-corrected chi connectivity index (χ1v) is 6.64. The van der Waals surface area contributed by atoms with Crippen LogP contribution in [-0.4, -0.2) is 22.1 Å². The third-order valence-electron chi connectivity index (χ3n) is 2.88. The lowest BCUT2D eigenvalue weighted by atomic mass is 10.1. The van der Waals surface area contributed by atoms with Gasteiger partial charge in [0.2, 0.25) is 0 Å². The molecule has 1 saturated carbocycles. The van der Waals surface area contributed by atoms with Crippen molar-refractivity contribution in [2.24, 2.45) is 0 Å². The van der Waals surface area contributed by atoms with Crippen LogP contribution in [0.1, 0.15) is 23.3 Å². The maximum Gasteiger partial charge on any atom is 0.269 e. The lowest BCUT2D eigenvalue weighted by Gasteiger charge is -1.98. The van der Waals surface area contributed by atoms with Crippen molar-refractivity contribution in [2.75, 3.05) is 0 Å². The second kappa shape index (κ2) is 4.57. The second-order valence-corrected chi connectivity index (χ2v) is 5.34. The molecule has 0 aliphatic heterocycles. The van der Waals surface area contributed by atoms with Crippen LogP contribution in [0.5, 0.6) is 0 Å². The number of hydrogen-bond acceptors (Lipinski definition) is 2. The molecule has 3 rings (SSSR count). The summed E-state index contributed by atoms with van der Waals surface area (Å²) in [6.45, 7) is 0. The number of nitrogens with one attached hydrogen (secondary N) is 2. The number of amides is 1. The highest BCUT2D eigenvalue weighted by Gasteiger charge is 2.24. The molecule has 1 heterocycles. The Labute approximate surface area is 113 Å². The number of aromatic nitrogens is 2. The van der Waals surface area contributed by atoms with Crippen LogP contribution in [0, 0.1) is 0 Å². The van der Waals surface area contributed by atoms with Gasteiger partial charge in [0, 0.05) is 16.1 Å². The summed E-state index contributed by atoms with van der Waals surface area (Å²) in [6.07, 6.45) is 2.17. The minimum Gasteiger partial charge on any atom is -0.348 e. The van der Waals surface area contributed by atoms with Crippen molar-refractivity contribution < 1.29 is 4.79 Å². The SMILES string of the molecule is O=C(NC1CC1)c1cc(-c2ccc(Br)cc2)n[nH]1. The molecule has 0 bridgehead atoms. The van der Waals surface area contributed by atoms with Gasteiger partial charge in [-0.3, -0.25) is 9.89 Å². The summed E-state index contributed by atoms with van der Waals surface area (Å²) in [5, 5.41) is 9.87. The van der Waals surface area contributed by atoms with Gasteiger partial charge in [-0.2, -0.15) is 5.10 Å². The van der Waals surface area contributed by atoms with Crippen LogP contribution >= 0.6 is 15.9 Å². The first kappa shape index (κ1) is 11.5. The van der Waals surface area contributed by atoms with Gasteiger partial charge in [-0.05, 0) is 31.0 Å². The Morgan fingerprint density at radius 1 is 1.33 bits per heavy atom. The van der Waals surface area contributed by atoms with Crippen molar-refractivity contribution in [3.05, 3.63) is 40.5 Å². The molecule has 2 aromatic rings. The topological polar surface area (TPSA) is 57.8 Å². The van der Waals surface area contributed by atoms with Gasteiger partial charge < -0.3 is 5.32 Å². The van der Waals surface area contributed by atoms with E-state index in [4.69, 9.17) is 0 Å². The number of hydrogen-bond donors (Lipinski definition) is 2. The first-order chi connectivity index (χ1) is 8.72. The van der Waals surface area contributed by atoms with Gasteiger partial charge in [-0.25, -0.2) is 0 Å². The molecule has 4 nitrogen and oxygen atoms in total.